The Morgan fingerprint density at radius 2 is 1.78 bits per heavy atom. The lowest BCUT2D eigenvalue weighted by Gasteiger charge is -2.33. The Labute approximate surface area is 143 Å². The maximum Gasteiger partial charge on any atom is 0.404 e. The zero-order valence-electron chi connectivity index (χ0n) is 13.9. The topological polar surface area (TPSA) is 49.4 Å². The first kappa shape index (κ1) is 22.6. The molecule has 0 saturated heterocycles. The van der Waals surface area contributed by atoms with Gasteiger partial charge in [-0.2, -0.15) is 13.2 Å². The summed E-state index contributed by atoms with van der Waals surface area (Å²) in [5.74, 6) is 0.740. The predicted octanol–water partition coefficient (Wildman–Crippen LogP) is 3.12. The maximum atomic E-state index is 13.1. The van der Waals surface area contributed by atoms with Crippen LogP contribution in [0.3, 0.4) is 0 Å². The smallest absolute Gasteiger partial charge is 0.359 e. The molecule has 0 aliphatic carbocycles. The van der Waals surface area contributed by atoms with Crippen molar-refractivity contribution in [3.8, 4) is 0 Å². The number of hydrogen-bond donors (Lipinski definition) is 1. The van der Waals surface area contributed by atoms with Gasteiger partial charge in [0.15, 0.2) is 0 Å². The average Bonchev–Trinajstić information content (AvgIpc) is 2.46. The van der Waals surface area contributed by atoms with E-state index in [0.717, 1.165) is 4.90 Å². The fraction of sp³-hybridized carbons (Fsp3) is 0.857. The largest absolute Gasteiger partial charge is 0.404 e. The number of carbonyl (C=O) groups is 2. The Morgan fingerprint density at radius 3 is 2.26 bits per heavy atom. The first-order chi connectivity index (χ1) is 10.6. The summed E-state index contributed by atoms with van der Waals surface area (Å²) in [5, 5.41) is 2.52. The van der Waals surface area contributed by atoms with E-state index >= 15 is 0 Å². The van der Waals surface area contributed by atoms with E-state index in [4.69, 9.17) is 0 Å². The van der Waals surface area contributed by atoms with Crippen molar-refractivity contribution in [2.45, 2.75) is 51.4 Å². The predicted molar refractivity (Wildman–Crippen MR) is 90.6 cm³/mol. The zero-order valence-corrected chi connectivity index (χ0v) is 15.5. The minimum Gasteiger partial charge on any atom is -0.359 e. The number of rotatable bonds is 11. The van der Waals surface area contributed by atoms with Gasteiger partial charge in [-0.3, -0.25) is 14.5 Å². The fourth-order valence-electron chi connectivity index (χ4n) is 1.85. The molecule has 4 nitrogen and oxygen atoms in total. The standard InChI is InChI=1S/C14H25F3N2O2S2/c1-10(11(2)20)19(4)12(14(15,16)17)7-9-23-22-8-5-6-13(21)18-3/h10,12H,5-9H2,1-4H3,(H,18,21)/t10-,12?/m0/s1. The molecule has 0 saturated carbocycles. The molecule has 0 aromatic heterocycles. The number of alkyl halides is 3. The van der Waals surface area contributed by atoms with Crippen LogP contribution in [0, 0.1) is 0 Å². The molecule has 0 bridgehead atoms. The van der Waals surface area contributed by atoms with Gasteiger partial charge in [-0.15, -0.1) is 0 Å². The minimum absolute atomic E-state index is 0.0346. The third kappa shape index (κ3) is 9.46. The van der Waals surface area contributed by atoms with Gasteiger partial charge in [-0.1, -0.05) is 21.6 Å². The number of halogens is 3. The van der Waals surface area contributed by atoms with E-state index in [1.165, 1.54) is 42.5 Å². The molecule has 0 radical (unpaired) electrons. The van der Waals surface area contributed by atoms with Crippen molar-refractivity contribution >= 4 is 33.3 Å². The van der Waals surface area contributed by atoms with Gasteiger partial charge in [-0.05, 0) is 33.7 Å². The third-order valence-electron chi connectivity index (χ3n) is 3.54. The molecule has 1 N–H and O–H groups in total. The number of Topliss-reactive ketones (excluding diaryl/α,β-unsaturated/α-hetero) is 1. The van der Waals surface area contributed by atoms with Crippen molar-refractivity contribution in [1.82, 2.24) is 10.2 Å². The van der Waals surface area contributed by atoms with Crippen LogP contribution in [0.4, 0.5) is 13.2 Å². The number of hydrogen-bond acceptors (Lipinski definition) is 5. The van der Waals surface area contributed by atoms with Crippen LogP contribution in [-0.4, -0.2) is 60.5 Å². The number of ketones is 1. The lowest BCUT2D eigenvalue weighted by atomic mass is 10.1. The van der Waals surface area contributed by atoms with E-state index in [0.29, 0.717) is 24.3 Å². The Morgan fingerprint density at radius 1 is 1.22 bits per heavy atom. The number of carbonyl (C=O) groups excluding carboxylic acids is 2. The molecule has 2 atom stereocenters. The summed E-state index contributed by atoms with van der Waals surface area (Å²) in [4.78, 5) is 23.4. The van der Waals surface area contributed by atoms with Gasteiger partial charge >= 0.3 is 6.18 Å². The lowest BCUT2D eigenvalue weighted by molar-refractivity contribution is -0.185. The first-order valence-electron chi connectivity index (χ1n) is 7.35. The molecule has 0 spiro atoms. The molecule has 0 fully saturated rings. The van der Waals surface area contributed by atoms with Crippen LogP contribution in [-0.2, 0) is 9.59 Å². The highest BCUT2D eigenvalue weighted by Crippen LogP contribution is 2.31. The van der Waals surface area contributed by atoms with Crippen molar-refractivity contribution in [2.24, 2.45) is 0 Å². The highest BCUT2D eigenvalue weighted by atomic mass is 33.1. The van der Waals surface area contributed by atoms with Crippen molar-refractivity contribution in [2.75, 3.05) is 25.6 Å². The van der Waals surface area contributed by atoms with Gasteiger partial charge in [0.1, 0.15) is 11.8 Å². The zero-order chi connectivity index (χ0) is 18.0. The first-order valence-corrected chi connectivity index (χ1v) is 9.84. The highest BCUT2D eigenvalue weighted by Gasteiger charge is 2.43. The average molecular weight is 374 g/mol. The molecule has 0 aliphatic heterocycles. The molecule has 0 aliphatic rings. The minimum atomic E-state index is -4.36. The lowest BCUT2D eigenvalue weighted by Crippen LogP contribution is -2.50. The van der Waals surface area contributed by atoms with Crippen molar-refractivity contribution in [3.05, 3.63) is 0 Å². The quantitative estimate of drug-likeness (QED) is 0.445. The van der Waals surface area contributed by atoms with E-state index in [9.17, 15) is 22.8 Å². The van der Waals surface area contributed by atoms with Crippen LogP contribution in [0.2, 0.25) is 0 Å². The van der Waals surface area contributed by atoms with Crippen molar-refractivity contribution < 1.29 is 22.8 Å². The molecule has 136 valence electrons. The third-order valence-corrected chi connectivity index (χ3v) is 6.06. The van der Waals surface area contributed by atoms with Crippen LogP contribution >= 0.6 is 21.6 Å². The van der Waals surface area contributed by atoms with Crippen LogP contribution < -0.4 is 5.32 Å². The summed E-state index contributed by atoms with van der Waals surface area (Å²) in [5.41, 5.74) is 0. The summed E-state index contributed by atoms with van der Waals surface area (Å²) in [6.07, 6.45) is -3.30. The maximum absolute atomic E-state index is 13.1. The van der Waals surface area contributed by atoms with Crippen LogP contribution in [0.25, 0.3) is 0 Å². The van der Waals surface area contributed by atoms with Crippen molar-refractivity contribution in [1.29, 1.82) is 0 Å². The van der Waals surface area contributed by atoms with Gasteiger partial charge in [0.2, 0.25) is 5.91 Å². The normalized spacial score (nSPS) is 14.6. The Balaban J connectivity index is 4.18. The molecule has 9 heteroatoms. The highest BCUT2D eigenvalue weighted by molar-refractivity contribution is 8.76. The summed E-state index contributed by atoms with van der Waals surface area (Å²) >= 11 is 0. The molecule has 0 rings (SSSR count). The molecule has 0 aromatic carbocycles. The SMILES string of the molecule is CNC(=O)CCCSSCCC(N(C)[C@@H](C)C(C)=O)C(F)(F)F. The second-order valence-corrected chi connectivity index (χ2v) is 7.92. The molecule has 1 unspecified atom stereocenters. The van der Waals surface area contributed by atoms with Crippen LogP contribution in [0.15, 0.2) is 0 Å². The Bertz CT molecular complexity index is 382. The van der Waals surface area contributed by atoms with E-state index in [2.05, 4.69) is 5.32 Å². The molecule has 0 aromatic rings. The van der Waals surface area contributed by atoms with Gasteiger partial charge in [0.05, 0.1) is 6.04 Å². The van der Waals surface area contributed by atoms with Gasteiger partial charge in [0, 0.05) is 25.0 Å². The molecule has 1 amide bonds. The second-order valence-electron chi connectivity index (χ2n) is 5.22. The number of nitrogens with zero attached hydrogens (tertiary/aromatic N) is 1. The number of nitrogens with one attached hydrogen (secondary N) is 1. The van der Waals surface area contributed by atoms with Crippen molar-refractivity contribution in [3.63, 3.8) is 0 Å². The van der Waals surface area contributed by atoms with Gasteiger partial charge < -0.3 is 5.32 Å². The Hall–Kier alpha value is -0.410. The summed E-state index contributed by atoms with van der Waals surface area (Å²) < 4.78 is 39.4. The van der Waals surface area contributed by atoms with E-state index in [1.54, 1.807) is 7.05 Å². The number of amides is 1. The summed E-state index contributed by atoms with van der Waals surface area (Å²) in [6.45, 7) is 2.79. The molecular weight excluding hydrogens is 349 g/mol. The summed E-state index contributed by atoms with van der Waals surface area (Å²) in [7, 11) is 5.74. The Kier molecular flexibility index (Phi) is 11.0. The molecule has 0 heterocycles. The second kappa shape index (κ2) is 11.2. The van der Waals surface area contributed by atoms with Gasteiger partial charge in [-0.25, -0.2) is 0 Å². The fourth-order valence-corrected chi connectivity index (χ4v) is 4.02. The molecule has 23 heavy (non-hydrogen) atoms. The van der Waals surface area contributed by atoms with E-state index < -0.39 is 18.3 Å². The van der Waals surface area contributed by atoms with Crippen LogP contribution in [0.1, 0.15) is 33.1 Å². The van der Waals surface area contributed by atoms with E-state index in [-0.39, 0.29) is 18.1 Å². The monoisotopic (exact) mass is 374 g/mol. The number of likely N-dealkylation sites (N-methyl/N-ethyl adjacent to an activating group) is 1. The molecular formula is C14H25F3N2O2S2. The van der Waals surface area contributed by atoms with Crippen LogP contribution in [0.5, 0.6) is 0 Å². The van der Waals surface area contributed by atoms with Gasteiger partial charge in [0.25, 0.3) is 0 Å². The van der Waals surface area contributed by atoms with E-state index in [1.807, 2.05) is 0 Å². The summed E-state index contributed by atoms with van der Waals surface area (Å²) in [6, 6.07) is -2.38.